The summed E-state index contributed by atoms with van der Waals surface area (Å²) in [7, 11) is 0. The van der Waals surface area contributed by atoms with Crippen LogP contribution in [0, 0.1) is 6.92 Å². The minimum absolute atomic E-state index is 0.438. The van der Waals surface area contributed by atoms with Crippen molar-refractivity contribution in [3.63, 3.8) is 0 Å². The molecule has 2 heterocycles. The minimum atomic E-state index is 0.438. The fourth-order valence-corrected chi connectivity index (χ4v) is 3.80. The van der Waals surface area contributed by atoms with Crippen LogP contribution in [0.25, 0.3) is 0 Å². The van der Waals surface area contributed by atoms with Crippen molar-refractivity contribution < 1.29 is 0 Å². The largest absolute Gasteiger partial charge is 0.330 e. The van der Waals surface area contributed by atoms with Gasteiger partial charge in [-0.3, -0.25) is 9.36 Å². The Kier molecular flexibility index (Phi) is 6.56. The van der Waals surface area contributed by atoms with Gasteiger partial charge in [-0.1, -0.05) is 59.6 Å². The summed E-state index contributed by atoms with van der Waals surface area (Å²) in [5.74, 6) is 0.686. The first kappa shape index (κ1) is 21.4. The molecule has 0 aliphatic rings. The van der Waals surface area contributed by atoms with E-state index >= 15 is 0 Å². The molecule has 4 aromatic rings. The molecular formula is C22H20Cl2N6S. The van der Waals surface area contributed by atoms with Crippen LogP contribution in [0.2, 0.25) is 10.0 Å². The monoisotopic (exact) mass is 470 g/mol. The molecule has 0 aliphatic heterocycles. The fraction of sp³-hybridized carbons (Fsp3) is 0.136. The smallest absolute Gasteiger partial charge is 0.176 e. The summed E-state index contributed by atoms with van der Waals surface area (Å²) in [6.45, 7) is 3.25. The predicted molar refractivity (Wildman–Crippen MR) is 130 cm³/mol. The molecule has 2 aromatic heterocycles. The van der Waals surface area contributed by atoms with Crippen molar-refractivity contribution in [2.75, 3.05) is 10.6 Å². The van der Waals surface area contributed by atoms with Gasteiger partial charge >= 0.3 is 0 Å². The highest BCUT2D eigenvalue weighted by Gasteiger charge is 2.09. The molecule has 0 saturated heterocycles. The lowest BCUT2D eigenvalue weighted by Gasteiger charge is -2.07. The molecule has 0 saturated carbocycles. The standard InChI is InChI=1S/C22H20Cl2N6S/c1-15-9-21(28-30(15)12-16-5-3-2-4-6-16)27-22(31)26-19-11-25-29(14-19)13-17-7-8-18(23)10-20(17)24/h2-11,14H,12-13H2,1H3,(H2,26,27,28,31). The number of rotatable bonds is 6. The Morgan fingerprint density at radius 2 is 1.84 bits per heavy atom. The van der Waals surface area contributed by atoms with Gasteiger partial charge in [0.25, 0.3) is 0 Å². The summed E-state index contributed by atoms with van der Waals surface area (Å²) in [5.41, 5.74) is 3.93. The van der Waals surface area contributed by atoms with E-state index in [1.54, 1.807) is 16.9 Å². The van der Waals surface area contributed by atoms with E-state index in [-0.39, 0.29) is 0 Å². The van der Waals surface area contributed by atoms with Gasteiger partial charge in [-0.05, 0) is 42.4 Å². The normalized spacial score (nSPS) is 10.8. The Morgan fingerprint density at radius 3 is 2.61 bits per heavy atom. The van der Waals surface area contributed by atoms with E-state index in [9.17, 15) is 0 Å². The molecular weight excluding hydrogens is 451 g/mol. The Bertz CT molecular complexity index is 1200. The number of thiocarbonyl (C=S) groups is 1. The third kappa shape index (κ3) is 5.64. The maximum atomic E-state index is 6.25. The molecule has 4 rings (SSSR count). The van der Waals surface area contributed by atoms with Crippen molar-refractivity contribution in [3.8, 4) is 0 Å². The van der Waals surface area contributed by atoms with Gasteiger partial charge in [0.05, 0.1) is 25.0 Å². The molecule has 0 amide bonds. The Labute approximate surface area is 195 Å². The van der Waals surface area contributed by atoms with Crippen LogP contribution in [0.3, 0.4) is 0 Å². The van der Waals surface area contributed by atoms with Crippen molar-refractivity contribution in [2.45, 2.75) is 20.0 Å². The molecule has 0 spiro atoms. The zero-order valence-corrected chi connectivity index (χ0v) is 19.0. The van der Waals surface area contributed by atoms with Gasteiger partial charge in [-0.25, -0.2) is 0 Å². The van der Waals surface area contributed by atoms with E-state index in [2.05, 4.69) is 33.0 Å². The van der Waals surface area contributed by atoms with Gasteiger partial charge in [0, 0.05) is 28.0 Å². The van der Waals surface area contributed by atoms with Crippen molar-refractivity contribution in [1.82, 2.24) is 19.6 Å². The second-order valence-electron chi connectivity index (χ2n) is 7.06. The molecule has 0 bridgehead atoms. The summed E-state index contributed by atoms with van der Waals surface area (Å²) in [6.07, 6.45) is 3.56. The number of nitrogens with zero attached hydrogens (tertiary/aromatic N) is 4. The van der Waals surface area contributed by atoms with E-state index in [1.807, 2.05) is 54.2 Å². The van der Waals surface area contributed by atoms with Gasteiger partial charge < -0.3 is 10.6 Å². The second-order valence-corrected chi connectivity index (χ2v) is 8.31. The Morgan fingerprint density at radius 1 is 1.03 bits per heavy atom. The molecule has 2 aromatic carbocycles. The van der Waals surface area contributed by atoms with Gasteiger partial charge in [0.15, 0.2) is 10.9 Å². The van der Waals surface area contributed by atoms with Crippen molar-refractivity contribution in [2.24, 2.45) is 0 Å². The minimum Gasteiger partial charge on any atom is -0.330 e. The molecule has 0 radical (unpaired) electrons. The van der Waals surface area contributed by atoms with Crippen LogP contribution in [-0.2, 0) is 13.1 Å². The highest BCUT2D eigenvalue weighted by molar-refractivity contribution is 7.80. The third-order valence-corrected chi connectivity index (χ3v) is 5.43. The van der Waals surface area contributed by atoms with Crippen LogP contribution >= 0.6 is 35.4 Å². The molecule has 158 valence electrons. The van der Waals surface area contributed by atoms with E-state index in [0.29, 0.717) is 34.1 Å². The molecule has 9 heteroatoms. The van der Waals surface area contributed by atoms with E-state index < -0.39 is 0 Å². The van der Waals surface area contributed by atoms with Crippen molar-refractivity contribution >= 4 is 52.0 Å². The second kappa shape index (κ2) is 9.51. The molecule has 0 unspecified atom stereocenters. The predicted octanol–water partition coefficient (Wildman–Crippen LogP) is 5.60. The van der Waals surface area contributed by atoms with Gasteiger partial charge in [-0.15, -0.1) is 0 Å². The molecule has 6 nitrogen and oxygen atoms in total. The average molecular weight is 471 g/mol. The highest BCUT2D eigenvalue weighted by atomic mass is 35.5. The summed E-state index contributed by atoms with van der Waals surface area (Å²) in [6, 6.07) is 17.6. The zero-order valence-electron chi connectivity index (χ0n) is 16.7. The van der Waals surface area contributed by atoms with Gasteiger partial charge in [0.2, 0.25) is 0 Å². The Hall–Kier alpha value is -2.87. The number of anilines is 2. The summed E-state index contributed by atoms with van der Waals surface area (Å²) < 4.78 is 3.72. The van der Waals surface area contributed by atoms with Gasteiger partial charge in [0.1, 0.15) is 0 Å². The molecule has 31 heavy (non-hydrogen) atoms. The van der Waals surface area contributed by atoms with Crippen LogP contribution in [0.5, 0.6) is 0 Å². The van der Waals surface area contributed by atoms with Crippen LogP contribution in [0.4, 0.5) is 11.5 Å². The third-order valence-electron chi connectivity index (χ3n) is 4.64. The van der Waals surface area contributed by atoms with Crippen molar-refractivity contribution in [1.29, 1.82) is 0 Å². The lowest BCUT2D eigenvalue weighted by atomic mass is 10.2. The first-order chi connectivity index (χ1) is 15.0. The zero-order chi connectivity index (χ0) is 21.8. The van der Waals surface area contributed by atoms with E-state index in [4.69, 9.17) is 35.4 Å². The summed E-state index contributed by atoms with van der Waals surface area (Å²) >= 11 is 17.6. The number of aromatic nitrogens is 4. The lowest BCUT2D eigenvalue weighted by Crippen LogP contribution is -2.19. The van der Waals surface area contributed by atoms with Crippen molar-refractivity contribution in [3.05, 3.63) is 93.9 Å². The number of halogens is 2. The molecule has 0 atom stereocenters. The molecule has 0 aliphatic carbocycles. The summed E-state index contributed by atoms with van der Waals surface area (Å²) in [5, 5.41) is 16.9. The summed E-state index contributed by atoms with van der Waals surface area (Å²) in [4.78, 5) is 0. The number of hydrogen-bond acceptors (Lipinski definition) is 3. The Balaban J connectivity index is 1.36. The van der Waals surface area contributed by atoms with Crippen LogP contribution in [0.15, 0.2) is 67.0 Å². The lowest BCUT2D eigenvalue weighted by molar-refractivity contribution is 0.668. The van der Waals surface area contributed by atoms with Crippen LogP contribution < -0.4 is 10.6 Å². The maximum Gasteiger partial charge on any atom is 0.176 e. The SMILES string of the molecule is Cc1cc(NC(=S)Nc2cnn(Cc3ccc(Cl)cc3Cl)c2)nn1Cc1ccccc1. The molecule has 2 N–H and O–H groups in total. The van der Waals surface area contributed by atoms with E-state index in [0.717, 1.165) is 16.9 Å². The highest BCUT2D eigenvalue weighted by Crippen LogP contribution is 2.22. The first-order valence-corrected chi connectivity index (χ1v) is 10.8. The van der Waals surface area contributed by atoms with Gasteiger partial charge in [-0.2, -0.15) is 10.2 Å². The topological polar surface area (TPSA) is 59.7 Å². The fourth-order valence-electron chi connectivity index (χ4n) is 3.11. The van der Waals surface area contributed by atoms with E-state index in [1.165, 1.54) is 5.56 Å². The number of benzene rings is 2. The van der Waals surface area contributed by atoms with Crippen LogP contribution in [0.1, 0.15) is 16.8 Å². The average Bonchev–Trinajstić information content (AvgIpc) is 3.30. The number of aryl methyl sites for hydroxylation is 1. The quantitative estimate of drug-likeness (QED) is 0.359. The van der Waals surface area contributed by atoms with Crippen LogP contribution in [-0.4, -0.2) is 24.7 Å². The number of hydrogen-bond donors (Lipinski definition) is 2. The first-order valence-electron chi connectivity index (χ1n) is 9.59. The maximum absolute atomic E-state index is 6.25. The molecule has 0 fully saturated rings. The number of nitrogens with one attached hydrogen (secondary N) is 2.